The van der Waals surface area contributed by atoms with Crippen LogP contribution in [0.4, 0.5) is 31.0 Å². The highest BCUT2D eigenvalue weighted by Gasteiger charge is 2.31. The number of nitro groups is 2. The van der Waals surface area contributed by atoms with Gasteiger partial charge < -0.3 is 29.5 Å². The number of amides is 2. The van der Waals surface area contributed by atoms with Crippen molar-refractivity contribution in [2.45, 2.75) is 78.7 Å². The topological polar surface area (TPSA) is 195 Å². The molecule has 2 aromatic carbocycles. The van der Waals surface area contributed by atoms with Crippen LogP contribution in [0, 0.1) is 26.0 Å². The molecule has 0 radical (unpaired) electrons. The average Bonchev–Trinajstić information content (AvgIpc) is 3.03. The van der Waals surface area contributed by atoms with E-state index in [-0.39, 0.29) is 47.0 Å². The Balaban J connectivity index is 0.000000292. The van der Waals surface area contributed by atoms with Gasteiger partial charge >= 0.3 is 12.2 Å². The summed E-state index contributed by atoms with van der Waals surface area (Å²) in [6.07, 6.45) is 0.293. The molecule has 2 aliphatic rings. The lowest BCUT2D eigenvalue weighted by Crippen LogP contribution is -2.54. The van der Waals surface area contributed by atoms with Crippen LogP contribution in [-0.2, 0) is 9.47 Å². The fraction of sp³-hybridized carbons (Fsp3) is 0.529. The number of nitro benzene ring substituents is 2. The first-order valence-electron chi connectivity index (χ1n) is 16.2. The van der Waals surface area contributed by atoms with Gasteiger partial charge in [-0.1, -0.05) is 0 Å². The zero-order chi connectivity index (χ0) is 38.7. The highest BCUT2D eigenvalue weighted by atomic mass is 19.1. The molecular weight excluding hydrogens is 671 g/mol. The van der Waals surface area contributed by atoms with Gasteiger partial charge in [-0.2, -0.15) is 0 Å². The smallest absolute Gasteiger partial charge is 0.410 e. The van der Waals surface area contributed by atoms with Gasteiger partial charge in [0.05, 0.1) is 15.4 Å². The largest absolute Gasteiger partial charge is 0.444 e. The van der Waals surface area contributed by atoms with Crippen molar-refractivity contribution in [2.24, 2.45) is 0 Å². The Hall–Kier alpha value is -5.19. The lowest BCUT2D eigenvalue weighted by atomic mass is 10.1. The average molecular weight is 719 g/mol. The minimum absolute atomic E-state index is 0.0542. The molecule has 1 N–H and O–H groups in total. The number of rotatable bonds is 5. The Morgan fingerprint density at radius 2 is 1.29 bits per heavy atom. The molecule has 2 saturated heterocycles. The lowest BCUT2D eigenvalue weighted by molar-refractivity contribution is -0.385. The first kappa shape index (κ1) is 42.0. The number of carbonyl (C=O) groups is 4. The van der Waals surface area contributed by atoms with Crippen LogP contribution in [-0.4, -0.2) is 107 Å². The molecule has 2 aromatic rings. The summed E-state index contributed by atoms with van der Waals surface area (Å²) in [7, 11) is 0. The number of anilines is 1. The predicted molar refractivity (Wildman–Crippen MR) is 187 cm³/mol. The van der Waals surface area contributed by atoms with Crippen LogP contribution >= 0.6 is 0 Å². The number of aldehydes is 2. The van der Waals surface area contributed by atoms with Crippen molar-refractivity contribution in [3.8, 4) is 0 Å². The number of non-ortho nitro benzene ring substituents is 2. The highest BCUT2D eigenvalue weighted by molar-refractivity contribution is 5.86. The maximum absolute atomic E-state index is 12.6. The predicted octanol–water partition coefficient (Wildman–Crippen LogP) is 5.61. The van der Waals surface area contributed by atoms with Gasteiger partial charge in [0.2, 0.25) is 0 Å². The van der Waals surface area contributed by atoms with E-state index in [9.17, 15) is 43.8 Å². The van der Waals surface area contributed by atoms with Crippen LogP contribution in [0.1, 0.15) is 76.1 Å². The van der Waals surface area contributed by atoms with Crippen LogP contribution in [0.2, 0.25) is 0 Å². The van der Waals surface area contributed by atoms with Gasteiger partial charge in [0.1, 0.15) is 17.0 Å². The summed E-state index contributed by atoms with van der Waals surface area (Å²) in [5.74, 6) is -0.754. The Labute approximate surface area is 296 Å². The van der Waals surface area contributed by atoms with Gasteiger partial charge in [0, 0.05) is 86.9 Å². The lowest BCUT2D eigenvalue weighted by Gasteiger charge is -2.41. The summed E-state index contributed by atoms with van der Waals surface area (Å²) in [6, 6.07) is 7.33. The minimum Gasteiger partial charge on any atom is -0.444 e. The van der Waals surface area contributed by atoms with Crippen LogP contribution in [0.25, 0.3) is 0 Å². The van der Waals surface area contributed by atoms with Gasteiger partial charge in [-0.05, 0) is 67.5 Å². The van der Waals surface area contributed by atoms with Crippen molar-refractivity contribution in [2.75, 3.05) is 44.2 Å². The Kier molecular flexibility index (Phi) is 15.0. The molecule has 16 nitrogen and oxygen atoms in total. The van der Waals surface area contributed by atoms with E-state index in [2.05, 4.69) is 12.2 Å². The molecule has 2 aliphatic heterocycles. The molecule has 2 fully saturated rings. The Bertz CT molecular complexity index is 1580. The van der Waals surface area contributed by atoms with Crippen molar-refractivity contribution in [3.63, 3.8) is 0 Å². The zero-order valence-corrected chi connectivity index (χ0v) is 30.2. The van der Waals surface area contributed by atoms with E-state index in [1.165, 1.54) is 12.1 Å². The summed E-state index contributed by atoms with van der Waals surface area (Å²) in [4.78, 5) is 70.5. The molecule has 17 heteroatoms. The summed E-state index contributed by atoms with van der Waals surface area (Å²) in [6.45, 7) is 18.8. The number of hydrogen-bond acceptors (Lipinski definition) is 12. The molecule has 2 amide bonds. The van der Waals surface area contributed by atoms with Gasteiger partial charge in [-0.25, -0.2) is 14.0 Å². The number of hydrogen-bond donors (Lipinski definition) is 1. The van der Waals surface area contributed by atoms with Crippen molar-refractivity contribution in [1.29, 1.82) is 0 Å². The molecule has 0 aliphatic carbocycles. The fourth-order valence-electron chi connectivity index (χ4n) is 4.98. The maximum Gasteiger partial charge on any atom is 0.410 e. The van der Waals surface area contributed by atoms with Crippen molar-refractivity contribution < 1.29 is 42.9 Å². The van der Waals surface area contributed by atoms with Crippen molar-refractivity contribution >= 4 is 41.8 Å². The number of carbonyl (C=O) groups excluding carboxylic acids is 4. The van der Waals surface area contributed by atoms with Crippen LogP contribution in [0.15, 0.2) is 36.4 Å². The molecule has 2 atom stereocenters. The van der Waals surface area contributed by atoms with E-state index in [0.717, 1.165) is 37.8 Å². The second-order valence-corrected chi connectivity index (χ2v) is 13.9. The summed E-state index contributed by atoms with van der Waals surface area (Å²) < 4.78 is 23.3. The quantitative estimate of drug-likeness (QED) is 0.228. The summed E-state index contributed by atoms with van der Waals surface area (Å²) in [5.41, 5.74) is -0.761. The van der Waals surface area contributed by atoms with E-state index in [4.69, 9.17) is 9.47 Å². The Morgan fingerprint density at radius 3 is 1.75 bits per heavy atom. The molecule has 0 aromatic heterocycles. The summed E-state index contributed by atoms with van der Waals surface area (Å²) in [5, 5.41) is 24.3. The van der Waals surface area contributed by atoms with E-state index in [0.29, 0.717) is 37.6 Å². The van der Waals surface area contributed by atoms with Gasteiger partial charge in [0.25, 0.3) is 11.4 Å². The molecule has 2 heterocycles. The molecular formula is C34H47FN6O10. The van der Waals surface area contributed by atoms with Crippen molar-refractivity contribution in [3.05, 3.63) is 73.6 Å². The molecule has 280 valence electrons. The second kappa shape index (κ2) is 18.2. The van der Waals surface area contributed by atoms with Crippen LogP contribution < -0.4 is 10.2 Å². The number of piperazine rings is 2. The maximum atomic E-state index is 12.6. The number of benzene rings is 2. The molecule has 51 heavy (non-hydrogen) atoms. The minimum atomic E-state index is -0.754. The third kappa shape index (κ3) is 13.6. The van der Waals surface area contributed by atoms with Crippen LogP contribution in [0.5, 0.6) is 0 Å². The van der Waals surface area contributed by atoms with Crippen molar-refractivity contribution in [1.82, 2.24) is 15.1 Å². The second-order valence-electron chi connectivity index (χ2n) is 13.9. The van der Waals surface area contributed by atoms with E-state index in [1.807, 2.05) is 53.4 Å². The number of ether oxygens (including phenoxy) is 2. The fourth-order valence-corrected chi connectivity index (χ4v) is 4.98. The van der Waals surface area contributed by atoms with Gasteiger partial charge in [-0.3, -0.25) is 29.8 Å². The highest BCUT2D eigenvalue weighted by Crippen LogP contribution is 2.28. The first-order chi connectivity index (χ1) is 23.6. The normalized spacial score (nSPS) is 17.5. The molecule has 0 bridgehead atoms. The zero-order valence-electron chi connectivity index (χ0n) is 30.2. The first-order valence-corrected chi connectivity index (χ1v) is 16.2. The number of nitrogens with zero attached hydrogens (tertiary/aromatic N) is 5. The summed E-state index contributed by atoms with van der Waals surface area (Å²) >= 11 is 0. The van der Waals surface area contributed by atoms with E-state index in [1.54, 1.807) is 15.9 Å². The monoisotopic (exact) mass is 718 g/mol. The third-order valence-electron chi connectivity index (χ3n) is 7.28. The molecule has 0 spiro atoms. The molecule has 0 saturated carbocycles. The van der Waals surface area contributed by atoms with E-state index < -0.39 is 26.9 Å². The third-order valence-corrected chi connectivity index (χ3v) is 7.28. The van der Waals surface area contributed by atoms with Crippen LogP contribution in [0.3, 0.4) is 0 Å². The Morgan fingerprint density at radius 1 is 0.804 bits per heavy atom. The standard InChI is InChI=1S/C17H23N3O5.C10H20N2O2.C7H4FNO3/c1-12-10-18(16(22)25-17(2,3)4)7-8-19(12)15-6-5-14(20(23)24)9-13(15)11-21;1-8-7-12(6-5-11-8)9(13)14-10(2,3)4;8-7-2-1-6(9(11)12)3-5(7)4-10/h5-6,9,11-12H,7-8,10H2,1-4H3;8,11H,5-7H2,1-4H3;1-4H/t12-;8-;/m00./s1. The van der Waals surface area contributed by atoms with Gasteiger partial charge in [-0.15, -0.1) is 0 Å². The van der Waals surface area contributed by atoms with Gasteiger partial charge in [0.15, 0.2) is 12.6 Å². The number of halogens is 1. The van der Waals surface area contributed by atoms with E-state index >= 15 is 0 Å². The SMILES string of the molecule is C[C@H]1CN(C(=O)OC(C)(C)C)CCN1.C[C@H]1CN(C(=O)OC(C)(C)C)CCN1c1ccc([N+](=O)[O-])cc1C=O.O=Cc1cc([N+](=O)[O-])ccc1F. The number of nitrogens with one attached hydrogen (secondary N) is 1. The molecule has 4 rings (SSSR count). The molecule has 0 unspecified atom stereocenters.